The zero-order valence-corrected chi connectivity index (χ0v) is 13.4. The number of ether oxygens (including phenoxy) is 1. The summed E-state index contributed by atoms with van der Waals surface area (Å²) in [5.74, 6) is 0. The van der Waals surface area contributed by atoms with Gasteiger partial charge in [0.15, 0.2) is 0 Å². The molecule has 1 saturated heterocycles. The molecular formula is C17H26N2O3. The average Bonchev–Trinajstić information content (AvgIpc) is 2.54. The van der Waals surface area contributed by atoms with Crippen LogP contribution in [0, 0.1) is 6.92 Å². The molecule has 22 heavy (non-hydrogen) atoms. The van der Waals surface area contributed by atoms with Gasteiger partial charge in [0, 0.05) is 25.2 Å². The average molecular weight is 306 g/mol. The molecule has 0 spiro atoms. The van der Waals surface area contributed by atoms with Crippen molar-refractivity contribution >= 4 is 6.03 Å². The minimum Gasteiger partial charge on any atom is -0.394 e. The molecule has 1 aliphatic rings. The molecular weight excluding hydrogens is 280 g/mol. The van der Waals surface area contributed by atoms with Gasteiger partial charge in [-0.15, -0.1) is 0 Å². The zero-order valence-electron chi connectivity index (χ0n) is 13.4. The molecule has 1 aliphatic heterocycles. The first-order valence-electron chi connectivity index (χ1n) is 7.86. The molecule has 0 bridgehead atoms. The second kappa shape index (κ2) is 7.61. The molecule has 0 aliphatic carbocycles. The number of hydrogen-bond donors (Lipinski definition) is 3. The number of amides is 2. The lowest BCUT2D eigenvalue weighted by Gasteiger charge is -2.39. The van der Waals surface area contributed by atoms with Crippen LogP contribution in [-0.4, -0.2) is 43.5 Å². The van der Waals surface area contributed by atoms with Gasteiger partial charge in [-0.05, 0) is 37.8 Å². The van der Waals surface area contributed by atoms with E-state index in [0.29, 0.717) is 19.8 Å². The molecule has 1 fully saturated rings. The summed E-state index contributed by atoms with van der Waals surface area (Å²) in [4.78, 5) is 11.9. The van der Waals surface area contributed by atoms with Gasteiger partial charge in [-0.25, -0.2) is 4.79 Å². The predicted octanol–water partition coefficient (Wildman–Crippen LogP) is 1.72. The summed E-state index contributed by atoms with van der Waals surface area (Å²) in [5.41, 5.74) is 2.45. The van der Waals surface area contributed by atoms with Crippen LogP contribution in [0.25, 0.3) is 0 Å². The smallest absolute Gasteiger partial charge is 0.315 e. The third-order valence-electron chi connectivity index (χ3n) is 4.41. The van der Waals surface area contributed by atoms with Gasteiger partial charge in [-0.2, -0.15) is 0 Å². The fourth-order valence-electron chi connectivity index (χ4n) is 3.04. The first-order chi connectivity index (χ1) is 10.6. The molecule has 2 rings (SSSR count). The predicted molar refractivity (Wildman–Crippen MR) is 86.0 cm³/mol. The van der Waals surface area contributed by atoms with Crippen molar-refractivity contribution in [3.8, 4) is 0 Å². The summed E-state index contributed by atoms with van der Waals surface area (Å²) >= 11 is 0. The van der Waals surface area contributed by atoms with Crippen molar-refractivity contribution in [2.24, 2.45) is 0 Å². The lowest BCUT2D eigenvalue weighted by Crippen LogP contribution is -2.49. The van der Waals surface area contributed by atoms with E-state index in [-0.39, 0.29) is 24.1 Å². The second-order valence-electron chi connectivity index (χ2n) is 6.12. The van der Waals surface area contributed by atoms with Crippen molar-refractivity contribution < 1.29 is 14.6 Å². The molecule has 0 radical (unpaired) electrons. The normalized spacial score (nSPS) is 18.5. The van der Waals surface area contributed by atoms with Gasteiger partial charge in [0.25, 0.3) is 0 Å². The van der Waals surface area contributed by atoms with E-state index in [2.05, 4.69) is 29.7 Å². The van der Waals surface area contributed by atoms with E-state index in [1.807, 2.05) is 12.1 Å². The fourth-order valence-corrected chi connectivity index (χ4v) is 3.04. The molecule has 1 unspecified atom stereocenters. The summed E-state index contributed by atoms with van der Waals surface area (Å²) in [6.45, 7) is 5.82. The van der Waals surface area contributed by atoms with Gasteiger partial charge in [-0.3, -0.25) is 0 Å². The molecule has 2 amide bonds. The van der Waals surface area contributed by atoms with Crippen LogP contribution in [-0.2, 0) is 10.2 Å². The summed E-state index contributed by atoms with van der Waals surface area (Å²) in [7, 11) is 0. The highest BCUT2D eigenvalue weighted by Crippen LogP contribution is 2.36. The van der Waals surface area contributed by atoms with Gasteiger partial charge in [0.1, 0.15) is 0 Å². The third-order valence-corrected chi connectivity index (χ3v) is 4.41. The van der Waals surface area contributed by atoms with Crippen molar-refractivity contribution in [1.29, 1.82) is 0 Å². The highest BCUT2D eigenvalue weighted by atomic mass is 16.5. The van der Waals surface area contributed by atoms with Crippen molar-refractivity contribution in [2.45, 2.75) is 38.1 Å². The molecule has 5 heteroatoms. The molecule has 5 nitrogen and oxygen atoms in total. The van der Waals surface area contributed by atoms with E-state index in [4.69, 9.17) is 9.84 Å². The van der Waals surface area contributed by atoms with Gasteiger partial charge in [0.2, 0.25) is 0 Å². The Labute approximate surface area is 132 Å². The Morgan fingerprint density at radius 1 is 1.36 bits per heavy atom. The zero-order chi connectivity index (χ0) is 16.0. The number of urea groups is 1. The molecule has 1 heterocycles. The third kappa shape index (κ3) is 3.99. The Balaban J connectivity index is 2.10. The lowest BCUT2D eigenvalue weighted by molar-refractivity contribution is 0.0504. The highest BCUT2D eigenvalue weighted by molar-refractivity contribution is 5.74. The molecule has 1 aromatic rings. The number of benzene rings is 1. The maximum atomic E-state index is 11.9. The fraction of sp³-hybridized carbons (Fsp3) is 0.588. The van der Waals surface area contributed by atoms with E-state index in [0.717, 1.165) is 12.8 Å². The minimum absolute atomic E-state index is 0.0653. The molecule has 0 saturated carbocycles. The van der Waals surface area contributed by atoms with Gasteiger partial charge in [0.05, 0.1) is 12.6 Å². The Kier molecular flexibility index (Phi) is 5.80. The quantitative estimate of drug-likeness (QED) is 0.776. The summed E-state index contributed by atoms with van der Waals surface area (Å²) in [5, 5.41) is 14.7. The van der Waals surface area contributed by atoms with E-state index in [9.17, 15) is 4.79 Å². The first-order valence-corrected chi connectivity index (χ1v) is 7.86. The Morgan fingerprint density at radius 2 is 2.05 bits per heavy atom. The van der Waals surface area contributed by atoms with E-state index < -0.39 is 0 Å². The van der Waals surface area contributed by atoms with E-state index >= 15 is 0 Å². The van der Waals surface area contributed by atoms with Crippen LogP contribution in [0.3, 0.4) is 0 Å². The Morgan fingerprint density at radius 3 is 2.68 bits per heavy atom. The first kappa shape index (κ1) is 16.8. The number of hydrogen-bond acceptors (Lipinski definition) is 3. The number of carbonyl (C=O) groups excluding carboxylic acids is 1. The van der Waals surface area contributed by atoms with Crippen LogP contribution < -0.4 is 10.6 Å². The van der Waals surface area contributed by atoms with Crippen LogP contribution in [0.5, 0.6) is 0 Å². The number of aliphatic hydroxyl groups excluding tert-OH is 1. The Hall–Kier alpha value is -1.59. The molecule has 122 valence electrons. The van der Waals surface area contributed by atoms with Crippen LogP contribution >= 0.6 is 0 Å². The molecule has 0 aromatic heterocycles. The number of aryl methyl sites for hydroxylation is 1. The topological polar surface area (TPSA) is 70.6 Å². The largest absolute Gasteiger partial charge is 0.394 e. The van der Waals surface area contributed by atoms with Gasteiger partial charge < -0.3 is 20.5 Å². The van der Waals surface area contributed by atoms with Crippen LogP contribution in [0.1, 0.15) is 30.9 Å². The van der Waals surface area contributed by atoms with Crippen molar-refractivity contribution in [2.75, 3.05) is 26.4 Å². The van der Waals surface area contributed by atoms with Gasteiger partial charge in [-0.1, -0.05) is 24.3 Å². The maximum Gasteiger partial charge on any atom is 0.315 e. The van der Waals surface area contributed by atoms with Crippen LogP contribution in [0.2, 0.25) is 0 Å². The SMILES string of the molecule is Cc1ccccc1C1(CNC(=O)NC(C)CO)CCOCC1. The van der Waals surface area contributed by atoms with Crippen molar-refractivity contribution in [3.63, 3.8) is 0 Å². The summed E-state index contributed by atoms with van der Waals surface area (Å²) in [6.07, 6.45) is 1.79. The standard InChI is InChI=1S/C17H26N2O3/c1-13-5-3-4-6-15(13)17(7-9-22-10-8-17)12-18-16(21)19-14(2)11-20/h3-6,14,20H,7-12H2,1-2H3,(H2,18,19,21). The van der Waals surface area contributed by atoms with Crippen molar-refractivity contribution in [1.82, 2.24) is 10.6 Å². The van der Waals surface area contributed by atoms with E-state index in [1.54, 1.807) is 6.92 Å². The number of rotatable bonds is 5. The summed E-state index contributed by atoms with van der Waals surface area (Å²) < 4.78 is 5.51. The number of aliphatic hydroxyl groups is 1. The molecule has 3 N–H and O–H groups in total. The summed E-state index contributed by atoms with van der Waals surface area (Å²) in [6, 6.07) is 7.87. The van der Waals surface area contributed by atoms with E-state index in [1.165, 1.54) is 11.1 Å². The number of carbonyl (C=O) groups is 1. The Bertz CT molecular complexity index is 498. The molecule has 1 aromatic carbocycles. The highest BCUT2D eigenvalue weighted by Gasteiger charge is 2.35. The lowest BCUT2D eigenvalue weighted by atomic mass is 9.72. The monoisotopic (exact) mass is 306 g/mol. The second-order valence-corrected chi connectivity index (χ2v) is 6.12. The van der Waals surface area contributed by atoms with Gasteiger partial charge >= 0.3 is 6.03 Å². The maximum absolute atomic E-state index is 11.9. The number of nitrogens with one attached hydrogen (secondary N) is 2. The van der Waals surface area contributed by atoms with Crippen LogP contribution in [0.15, 0.2) is 24.3 Å². The minimum atomic E-state index is -0.246. The van der Waals surface area contributed by atoms with Crippen LogP contribution in [0.4, 0.5) is 4.79 Å². The molecule has 1 atom stereocenters. The van der Waals surface area contributed by atoms with Crippen molar-refractivity contribution in [3.05, 3.63) is 35.4 Å².